The SMILES string of the molecule is O=C(c1n[nH]c2ccccc12)N1CCOc2ccccc2C1. The van der Waals surface area contributed by atoms with Gasteiger partial charge in [0.25, 0.3) is 5.91 Å². The maximum absolute atomic E-state index is 12.8. The third-order valence-electron chi connectivity index (χ3n) is 3.91. The Kier molecular flexibility index (Phi) is 3.04. The fourth-order valence-electron chi connectivity index (χ4n) is 2.78. The molecule has 0 radical (unpaired) electrons. The molecule has 5 heteroatoms. The van der Waals surface area contributed by atoms with Crippen molar-refractivity contribution in [3.05, 3.63) is 59.8 Å². The van der Waals surface area contributed by atoms with E-state index in [0.29, 0.717) is 25.4 Å². The monoisotopic (exact) mass is 293 g/mol. The van der Waals surface area contributed by atoms with Crippen LogP contribution < -0.4 is 4.74 Å². The van der Waals surface area contributed by atoms with E-state index in [1.807, 2.05) is 48.5 Å². The van der Waals surface area contributed by atoms with Crippen LogP contribution in [0.4, 0.5) is 0 Å². The van der Waals surface area contributed by atoms with E-state index in [2.05, 4.69) is 10.2 Å². The molecule has 1 N–H and O–H groups in total. The van der Waals surface area contributed by atoms with Gasteiger partial charge < -0.3 is 9.64 Å². The van der Waals surface area contributed by atoms with Crippen LogP contribution in [0.5, 0.6) is 5.75 Å². The number of para-hydroxylation sites is 2. The van der Waals surface area contributed by atoms with Crippen LogP contribution in [0.15, 0.2) is 48.5 Å². The first-order valence-electron chi connectivity index (χ1n) is 7.26. The second kappa shape index (κ2) is 5.18. The number of rotatable bonds is 1. The molecule has 1 aliphatic rings. The molecule has 1 aromatic heterocycles. The van der Waals surface area contributed by atoms with Crippen LogP contribution in [0.25, 0.3) is 10.9 Å². The lowest BCUT2D eigenvalue weighted by atomic mass is 10.1. The molecular formula is C17H15N3O2. The van der Waals surface area contributed by atoms with Gasteiger partial charge in [-0.1, -0.05) is 36.4 Å². The lowest BCUT2D eigenvalue weighted by molar-refractivity contribution is 0.0729. The molecule has 0 saturated carbocycles. The van der Waals surface area contributed by atoms with Gasteiger partial charge in [-0.15, -0.1) is 0 Å². The van der Waals surface area contributed by atoms with Gasteiger partial charge >= 0.3 is 0 Å². The minimum atomic E-state index is -0.0715. The standard InChI is InChI=1S/C17H15N3O2/c21-17(16-13-6-2-3-7-14(13)18-19-16)20-9-10-22-15-8-4-1-5-12(15)11-20/h1-8H,9-11H2,(H,18,19). The van der Waals surface area contributed by atoms with Gasteiger partial charge in [-0.3, -0.25) is 9.89 Å². The molecule has 0 aliphatic carbocycles. The number of fused-ring (bicyclic) bond motifs is 2. The first-order valence-corrected chi connectivity index (χ1v) is 7.26. The van der Waals surface area contributed by atoms with Crippen molar-refractivity contribution in [1.82, 2.24) is 15.1 Å². The van der Waals surface area contributed by atoms with Gasteiger partial charge in [-0.25, -0.2) is 0 Å². The van der Waals surface area contributed by atoms with Crippen molar-refractivity contribution in [2.45, 2.75) is 6.54 Å². The average molecular weight is 293 g/mol. The molecule has 3 aromatic rings. The van der Waals surface area contributed by atoms with Gasteiger partial charge in [0.1, 0.15) is 12.4 Å². The quantitative estimate of drug-likeness (QED) is 0.750. The number of carbonyl (C=O) groups excluding carboxylic acids is 1. The van der Waals surface area contributed by atoms with Crippen LogP contribution in [-0.2, 0) is 6.54 Å². The van der Waals surface area contributed by atoms with Crippen molar-refractivity contribution in [2.24, 2.45) is 0 Å². The summed E-state index contributed by atoms with van der Waals surface area (Å²) in [6.45, 7) is 1.58. The molecule has 4 rings (SSSR count). The Bertz CT molecular complexity index is 841. The summed E-state index contributed by atoms with van der Waals surface area (Å²) in [6, 6.07) is 15.5. The van der Waals surface area contributed by atoms with Gasteiger partial charge in [0.15, 0.2) is 5.69 Å². The number of aromatic amines is 1. The topological polar surface area (TPSA) is 58.2 Å². The molecule has 0 spiro atoms. The molecular weight excluding hydrogens is 278 g/mol. The Morgan fingerprint density at radius 3 is 2.91 bits per heavy atom. The molecule has 0 atom stereocenters. The number of hydrogen-bond acceptors (Lipinski definition) is 3. The summed E-state index contributed by atoms with van der Waals surface area (Å²) in [5.41, 5.74) is 2.36. The summed E-state index contributed by atoms with van der Waals surface area (Å²) in [4.78, 5) is 14.6. The van der Waals surface area contributed by atoms with Gasteiger partial charge in [0.2, 0.25) is 0 Å². The molecule has 22 heavy (non-hydrogen) atoms. The summed E-state index contributed by atoms with van der Waals surface area (Å²) in [5.74, 6) is 0.780. The normalized spacial score (nSPS) is 14.3. The maximum atomic E-state index is 12.8. The highest BCUT2D eigenvalue weighted by atomic mass is 16.5. The lowest BCUT2D eigenvalue weighted by Crippen LogP contribution is -2.32. The summed E-state index contributed by atoms with van der Waals surface area (Å²) in [6.07, 6.45) is 0. The number of benzene rings is 2. The summed E-state index contributed by atoms with van der Waals surface area (Å²) in [5, 5.41) is 7.97. The van der Waals surface area contributed by atoms with E-state index >= 15 is 0 Å². The highest BCUT2D eigenvalue weighted by Gasteiger charge is 2.24. The molecule has 0 bridgehead atoms. The van der Waals surface area contributed by atoms with Crippen molar-refractivity contribution >= 4 is 16.8 Å². The van der Waals surface area contributed by atoms with E-state index in [1.165, 1.54) is 0 Å². The van der Waals surface area contributed by atoms with Crippen LogP contribution in [0.2, 0.25) is 0 Å². The summed E-state index contributed by atoms with van der Waals surface area (Å²) >= 11 is 0. The third kappa shape index (κ3) is 2.11. The second-order valence-electron chi connectivity index (χ2n) is 5.30. The maximum Gasteiger partial charge on any atom is 0.275 e. The highest BCUT2D eigenvalue weighted by molar-refractivity contribution is 6.04. The van der Waals surface area contributed by atoms with Gasteiger partial charge in [0.05, 0.1) is 12.1 Å². The Labute approximate surface area is 127 Å². The van der Waals surface area contributed by atoms with Crippen LogP contribution in [0, 0.1) is 0 Å². The van der Waals surface area contributed by atoms with E-state index in [4.69, 9.17) is 4.74 Å². The zero-order valence-corrected chi connectivity index (χ0v) is 12.0. The summed E-state index contributed by atoms with van der Waals surface area (Å²) in [7, 11) is 0. The van der Waals surface area contributed by atoms with E-state index in [1.54, 1.807) is 4.90 Å². The van der Waals surface area contributed by atoms with Crippen LogP contribution in [0.1, 0.15) is 16.1 Å². The number of amides is 1. The van der Waals surface area contributed by atoms with E-state index in [9.17, 15) is 4.79 Å². The molecule has 0 saturated heterocycles. The number of nitrogens with zero attached hydrogens (tertiary/aromatic N) is 2. The van der Waals surface area contributed by atoms with Gasteiger partial charge in [0, 0.05) is 17.5 Å². The fraction of sp³-hybridized carbons (Fsp3) is 0.176. The van der Waals surface area contributed by atoms with Crippen LogP contribution in [-0.4, -0.2) is 34.2 Å². The van der Waals surface area contributed by atoms with E-state index < -0.39 is 0 Å². The molecule has 0 unspecified atom stereocenters. The molecule has 2 heterocycles. The Hall–Kier alpha value is -2.82. The number of hydrogen-bond donors (Lipinski definition) is 1. The van der Waals surface area contributed by atoms with Crippen molar-refractivity contribution in [1.29, 1.82) is 0 Å². The van der Waals surface area contributed by atoms with E-state index in [0.717, 1.165) is 22.2 Å². The first-order chi connectivity index (χ1) is 10.8. The highest BCUT2D eigenvalue weighted by Crippen LogP contribution is 2.24. The minimum Gasteiger partial charge on any atom is -0.491 e. The Balaban J connectivity index is 1.68. The molecule has 2 aromatic carbocycles. The molecule has 110 valence electrons. The number of ether oxygens (including phenoxy) is 1. The average Bonchev–Trinajstić information content (AvgIpc) is 2.86. The minimum absolute atomic E-state index is 0.0715. The number of H-pyrrole nitrogens is 1. The zero-order valence-electron chi connectivity index (χ0n) is 12.0. The Morgan fingerprint density at radius 2 is 1.95 bits per heavy atom. The molecule has 0 fully saturated rings. The third-order valence-corrected chi connectivity index (χ3v) is 3.91. The lowest BCUT2D eigenvalue weighted by Gasteiger charge is -2.18. The Morgan fingerprint density at radius 1 is 1.14 bits per heavy atom. The van der Waals surface area contributed by atoms with Crippen molar-refractivity contribution in [3.8, 4) is 5.75 Å². The van der Waals surface area contributed by atoms with Crippen LogP contribution >= 0.6 is 0 Å². The number of nitrogens with one attached hydrogen (secondary N) is 1. The predicted octanol–water partition coefficient (Wildman–Crippen LogP) is 2.60. The zero-order chi connectivity index (χ0) is 14.9. The smallest absolute Gasteiger partial charge is 0.275 e. The predicted molar refractivity (Wildman–Crippen MR) is 82.8 cm³/mol. The van der Waals surface area contributed by atoms with Gasteiger partial charge in [-0.05, 0) is 12.1 Å². The molecule has 1 amide bonds. The number of aromatic nitrogens is 2. The van der Waals surface area contributed by atoms with Gasteiger partial charge in [-0.2, -0.15) is 5.10 Å². The first kappa shape index (κ1) is 12.9. The van der Waals surface area contributed by atoms with Crippen LogP contribution in [0.3, 0.4) is 0 Å². The van der Waals surface area contributed by atoms with E-state index in [-0.39, 0.29) is 5.91 Å². The largest absolute Gasteiger partial charge is 0.491 e. The number of carbonyl (C=O) groups is 1. The summed E-state index contributed by atoms with van der Waals surface area (Å²) < 4.78 is 5.71. The van der Waals surface area contributed by atoms with Crippen molar-refractivity contribution in [3.63, 3.8) is 0 Å². The van der Waals surface area contributed by atoms with Crippen molar-refractivity contribution < 1.29 is 9.53 Å². The molecule has 1 aliphatic heterocycles. The molecule has 5 nitrogen and oxygen atoms in total. The second-order valence-corrected chi connectivity index (χ2v) is 5.30. The van der Waals surface area contributed by atoms with Crippen molar-refractivity contribution in [2.75, 3.05) is 13.2 Å². The fourth-order valence-corrected chi connectivity index (χ4v) is 2.78.